The van der Waals surface area contributed by atoms with Gasteiger partial charge in [0.1, 0.15) is 0 Å². The predicted molar refractivity (Wildman–Crippen MR) is 43.1 cm³/mol. The highest BCUT2D eigenvalue weighted by molar-refractivity contribution is 5.94. The van der Waals surface area contributed by atoms with Crippen LogP contribution in [-0.4, -0.2) is 10.7 Å². The monoisotopic (exact) mass is 168 g/mol. The molecule has 0 aliphatic heterocycles. The van der Waals surface area contributed by atoms with Crippen LogP contribution in [0.25, 0.3) is 0 Å². The molecule has 0 spiro atoms. The Bertz CT molecular complexity index is 397. The van der Waals surface area contributed by atoms with Crippen LogP contribution in [0.3, 0.4) is 0 Å². The predicted octanol–water partition coefficient (Wildman–Crippen LogP) is 1.80. The van der Waals surface area contributed by atoms with E-state index in [2.05, 4.69) is 0 Å². The number of nitrogens with zero attached hydrogens (tertiary/aromatic N) is 1. The Morgan fingerprint density at radius 1 is 1.50 bits per heavy atom. The summed E-state index contributed by atoms with van der Waals surface area (Å²) < 4.78 is 20.6. The molecule has 1 rings (SSSR count). The van der Waals surface area contributed by atoms with E-state index in [0.29, 0.717) is 0 Å². The van der Waals surface area contributed by atoms with Crippen molar-refractivity contribution >= 4 is 11.5 Å². The molecule has 4 nitrogen and oxygen atoms in total. The molecular formula is C8H7NO3. The number of carbonyl (C=O) groups is 1. The summed E-state index contributed by atoms with van der Waals surface area (Å²) in [5.74, 6) is -1.02. The average molecular weight is 168 g/mol. The van der Waals surface area contributed by atoms with Crippen molar-refractivity contribution in [1.82, 2.24) is 0 Å². The molecule has 0 amide bonds. The van der Waals surface area contributed by atoms with Crippen LogP contribution >= 0.6 is 0 Å². The fourth-order valence-corrected chi connectivity index (χ4v) is 0.735. The Morgan fingerprint density at radius 2 is 2.08 bits per heavy atom. The Balaban J connectivity index is 3.00. The Kier molecular flexibility index (Phi) is 1.31. The van der Waals surface area contributed by atoms with Crippen LogP contribution in [0.15, 0.2) is 24.3 Å². The molecule has 12 heavy (non-hydrogen) atoms. The fourth-order valence-electron chi connectivity index (χ4n) is 0.735. The zero-order valence-corrected chi connectivity index (χ0v) is 5.98. The van der Waals surface area contributed by atoms with E-state index in [-0.39, 0.29) is 11.3 Å². The quantitative estimate of drug-likeness (QED) is 0.384. The summed E-state index contributed by atoms with van der Waals surface area (Å²) in [5.41, 5.74) is -0.238. The number of hydrogen-bond donors (Lipinski definition) is 0. The molecule has 0 aliphatic carbocycles. The largest absolute Gasteiger partial charge is 0.295 e. The number of non-ortho nitro benzene ring substituents is 1. The number of ketones is 1. The summed E-state index contributed by atoms with van der Waals surface area (Å²) >= 11 is 0. The number of nitro groups is 1. The Hall–Kier alpha value is -1.71. The lowest BCUT2D eigenvalue weighted by Gasteiger charge is -1.93. The molecule has 0 heterocycles. The van der Waals surface area contributed by atoms with Gasteiger partial charge in [-0.15, -0.1) is 0 Å². The molecule has 0 N–H and O–H groups in total. The Labute approximate surface area is 73.2 Å². The fraction of sp³-hybridized carbons (Fsp3) is 0.125. The van der Waals surface area contributed by atoms with Gasteiger partial charge >= 0.3 is 0 Å². The van der Waals surface area contributed by atoms with E-state index in [1.165, 1.54) is 0 Å². The van der Waals surface area contributed by atoms with Crippen LogP contribution in [0, 0.1) is 10.1 Å². The first-order valence-electron chi connectivity index (χ1n) is 4.61. The van der Waals surface area contributed by atoms with Gasteiger partial charge in [0.25, 0.3) is 5.69 Å². The minimum Gasteiger partial charge on any atom is -0.295 e. The smallest absolute Gasteiger partial charge is 0.269 e. The van der Waals surface area contributed by atoms with Crippen molar-refractivity contribution in [2.24, 2.45) is 0 Å². The zero-order chi connectivity index (χ0) is 11.6. The number of hydrogen-bond acceptors (Lipinski definition) is 3. The van der Waals surface area contributed by atoms with Crippen LogP contribution in [0.4, 0.5) is 5.69 Å². The highest BCUT2D eigenvalue weighted by Crippen LogP contribution is 2.11. The lowest BCUT2D eigenvalue weighted by molar-refractivity contribution is -0.384. The van der Waals surface area contributed by atoms with Crippen LogP contribution in [-0.2, 0) is 0 Å². The van der Waals surface area contributed by atoms with Gasteiger partial charge in [0.2, 0.25) is 0 Å². The van der Waals surface area contributed by atoms with Crippen molar-refractivity contribution in [2.75, 3.05) is 0 Å². The third kappa shape index (κ3) is 1.66. The van der Waals surface area contributed by atoms with E-state index in [0.717, 1.165) is 24.3 Å². The molecule has 0 saturated heterocycles. The lowest BCUT2D eigenvalue weighted by atomic mass is 10.1. The van der Waals surface area contributed by atoms with Crippen LogP contribution < -0.4 is 0 Å². The molecule has 0 bridgehead atoms. The SMILES string of the molecule is [2H]C([2H])([2H])C(=O)c1ccc([N+](=O)[O-])cc1. The zero-order valence-electron chi connectivity index (χ0n) is 8.98. The van der Waals surface area contributed by atoms with Gasteiger partial charge < -0.3 is 0 Å². The average Bonchev–Trinajstić information content (AvgIpc) is 2.15. The molecular weight excluding hydrogens is 158 g/mol. The minimum atomic E-state index is -2.71. The molecule has 1 aromatic rings. The topological polar surface area (TPSA) is 60.2 Å². The maximum Gasteiger partial charge on any atom is 0.269 e. The molecule has 1 aromatic carbocycles. The highest BCUT2D eigenvalue weighted by Gasteiger charge is 2.05. The van der Waals surface area contributed by atoms with E-state index in [9.17, 15) is 14.9 Å². The Morgan fingerprint density at radius 3 is 2.50 bits per heavy atom. The van der Waals surface area contributed by atoms with Crippen LogP contribution in [0.2, 0.25) is 0 Å². The number of carbonyl (C=O) groups excluding carboxylic acids is 1. The lowest BCUT2D eigenvalue weighted by Crippen LogP contribution is -1.92. The van der Waals surface area contributed by atoms with Gasteiger partial charge in [-0.2, -0.15) is 0 Å². The van der Waals surface area contributed by atoms with Crippen LogP contribution in [0.1, 0.15) is 21.3 Å². The molecule has 0 atom stereocenters. The van der Waals surface area contributed by atoms with E-state index in [4.69, 9.17) is 4.11 Å². The van der Waals surface area contributed by atoms with E-state index in [1.807, 2.05) is 0 Å². The van der Waals surface area contributed by atoms with Gasteiger partial charge in [-0.05, 0) is 19.0 Å². The van der Waals surface area contributed by atoms with Crippen molar-refractivity contribution in [1.29, 1.82) is 0 Å². The van der Waals surface area contributed by atoms with Crippen molar-refractivity contribution < 1.29 is 13.8 Å². The second-order valence-corrected chi connectivity index (χ2v) is 2.13. The molecule has 0 aliphatic rings. The maximum atomic E-state index is 11.2. The molecule has 62 valence electrons. The molecule has 0 saturated carbocycles. The summed E-state index contributed by atoms with van der Waals surface area (Å²) in [5, 5.41) is 10.3. The molecule has 0 aromatic heterocycles. The summed E-state index contributed by atoms with van der Waals surface area (Å²) in [6.07, 6.45) is 0. The van der Waals surface area contributed by atoms with E-state index in [1.54, 1.807) is 0 Å². The number of benzene rings is 1. The summed E-state index contributed by atoms with van der Waals surface area (Å²) in [4.78, 5) is 20.9. The van der Waals surface area contributed by atoms with Gasteiger partial charge in [-0.25, -0.2) is 0 Å². The van der Waals surface area contributed by atoms with Gasteiger partial charge in [0.05, 0.1) is 4.92 Å². The van der Waals surface area contributed by atoms with E-state index < -0.39 is 17.6 Å². The molecule has 0 radical (unpaired) electrons. The van der Waals surface area contributed by atoms with Crippen LogP contribution in [0.5, 0.6) is 0 Å². The summed E-state index contributed by atoms with van der Waals surface area (Å²) in [7, 11) is 0. The number of nitro benzene ring substituents is 1. The normalized spacial score (nSPS) is 14.2. The van der Waals surface area contributed by atoms with Gasteiger partial charge in [0, 0.05) is 21.8 Å². The molecule has 4 heteroatoms. The summed E-state index contributed by atoms with van der Waals surface area (Å²) in [6, 6.07) is 4.46. The van der Waals surface area contributed by atoms with Gasteiger partial charge in [-0.1, -0.05) is 0 Å². The second-order valence-electron chi connectivity index (χ2n) is 2.13. The summed E-state index contributed by atoms with van der Waals surface area (Å²) in [6.45, 7) is -2.71. The standard InChI is InChI=1S/C8H7NO3/c1-6(10)7-2-4-8(5-3-7)9(11)12/h2-5H,1H3/i1D3. The third-order valence-electron chi connectivity index (χ3n) is 1.34. The van der Waals surface area contributed by atoms with E-state index >= 15 is 0 Å². The number of rotatable bonds is 2. The first-order chi connectivity index (χ1) is 6.82. The van der Waals surface area contributed by atoms with Gasteiger partial charge in [-0.3, -0.25) is 14.9 Å². The first kappa shape index (κ1) is 5.03. The minimum absolute atomic E-state index is 0.0550. The second kappa shape index (κ2) is 3.13. The third-order valence-corrected chi connectivity index (χ3v) is 1.34. The van der Waals surface area contributed by atoms with Crippen molar-refractivity contribution in [3.63, 3.8) is 0 Å². The van der Waals surface area contributed by atoms with Crippen molar-refractivity contribution in [3.8, 4) is 0 Å². The van der Waals surface area contributed by atoms with Gasteiger partial charge in [0.15, 0.2) is 5.78 Å². The number of Topliss-reactive ketones (excluding diaryl/α,β-unsaturated/α-hetero) is 1. The molecule has 0 unspecified atom stereocenters. The molecule has 0 fully saturated rings. The highest BCUT2D eigenvalue weighted by atomic mass is 16.6. The first-order valence-corrected chi connectivity index (χ1v) is 3.11. The maximum absolute atomic E-state index is 11.2. The van der Waals surface area contributed by atoms with Crippen molar-refractivity contribution in [2.45, 2.75) is 6.85 Å². The van der Waals surface area contributed by atoms with Crippen molar-refractivity contribution in [3.05, 3.63) is 39.9 Å².